The van der Waals surface area contributed by atoms with E-state index in [-0.39, 0.29) is 0 Å². The van der Waals surface area contributed by atoms with E-state index in [0.717, 1.165) is 17.5 Å². The van der Waals surface area contributed by atoms with E-state index < -0.39 is 0 Å². The lowest BCUT2D eigenvalue weighted by atomic mass is 10.1. The van der Waals surface area contributed by atoms with Gasteiger partial charge >= 0.3 is 0 Å². The van der Waals surface area contributed by atoms with E-state index in [4.69, 9.17) is 10.3 Å². The summed E-state index contributed by atoms with van der Waals surface area (Å²) in [5, 5.41) is 4.01. The van der Waals surface area contributed by atoms with Gasteiger partial charge < -0.3 is 10.3 Å². The van der Waals surface area contributed by atoms with Crippen molar-refractivity contribution in [3.63, 3.8) is 0 Å². The van der Waals surface area contributed by atoms with Gasteiger partial charge in [0.15, 0.2) is 0 Å². The molecule has 0 fully saturated rings. The van der Waals surface area contributed by atoms with Crippen LogP contribution in [0, 0.1) is 0 Å². The number of pyridine rings is 2. The van der Waals surface area contributed by atoms with Gasteiger partial charge in [0.1, 0.15) is 11.5 Å². The van der Waals surface area contributed by atoms with E-state index in [2.05, 4.69) is 27.0 Å². The lowest BCUT2D eigenvalue weighted by Crippen LogP contribution is -1.92. The molecule has 20 heavy (non-hydrogen) atoms. The van der Waals surface area contributed by atoms with E-state index >= 15 is 0 Å². The van der Waals surface area contributed by atoms with Gasteiger partial charge in [-0.2, -0.15) is 4.98 Å². The number of aryl methyl sites for hydroxylation is 1. The molecular formula is C14H13N5O. The molecule has 0 spiro atoms. The van der Waals surface area contributed by atoms with Crippen LogP contribution in [0.2, 0.25) is 0 Å². The molecule has 0 unspecified atom stereocenters. The van der Waals surface area contributed by atoms with Crippen LogP contribution in [0.3, 0.4) is 0 Å². The number of hydrogen-bond acceptors (Lipinski definition) is 6. The Morgan fingerprint density at radius 1 is 1.20 bits per heavy atom. The molecule has 3 rings (SSSR count). The van der Waals surface area contributed by atoms with Crippen molar-refractivity contribution >= 4 is 5.82 Å². The summed E-state index contributed by atoms with van der Waals surface area (Å²) in [6.45, 7) is 2.06. The third kappa shape index (κ3) is 2.23. The maximum absolute atomic E-state index is 5.65. The van der Waals surface area contributed by atoms with Gasteiger partial charge in [0, 0.05) is 18.0 Å². The van der Waals surface area contributed by atoms with Crippen LogP contribution in [0.5, 0.6) is 0 Å². The molecule has 3 heterocycles. The van der Waals surface area contributed by atoms with Gasteiger partial charge in [0.2, 0.25) is 5.82 Å². The third-order valence-corrected chi connectivity index (χ3v) is 2.94. The van der Waals surface area contributed by atoms with Gasteiger partial charge in [0.05, 0.1) is 0 Å². The highest BCUT2D eigenvalue weighted by atomic mass is 16.5. The second-order valence-corrected chi connectivity index (χ2v) is 4.26. The molecule has 100 valence electrons. The Bertz CT molecular complexity index is 738. The fourth-order valence-corrected chi connectivity index (χ4v) is 1.93. The predicted octanol–water partition coefficient (Wildman–Crippen LogP) is 2.34. The van der Waals surface area contributed by atoms with Crippen LogP contribution in [0.25, 0.3) is 23.0 Å². The van der Waals surface area contributed by atoms with Crippen molar-refractivity contribution in [2.24, 2.45) is 0 Å². The Balaban J connectivity index is 2.02. The van der Waals surface area contributed by atoms with Crippen molar-refractivity contribution in [3.8, 4) is 23.0 Å². The van der Waals surface area contributed by atoms with Crippen LogP contribution in [-0.2, 0) is 6.42 Å². The first kappa shape index (κ1) is 12.3. The minimum absolute atomic E-state index is 0.353. The highest BCUT2D eigenvalue weighted by molar-refractivity contribution is 5.61. The molecule has 0 aromatic carbocycles. The molecule has 0 amide bonds. The van der Waals surface area contributed by atoms with Crippen molar-refractivity contribution in [2.45, 2.75) is 13.3 Å². The zero-order valence-corrected chi connectivity index (χ0v) is 10.9. The molecular weight excluding hydrogens is 254 g/mol. The van der Waals surface area contributed by atoms with Crippen molar-refractivity contribution < 1.29 is 4.52 Å². The Morgan fingerprint density at radius 3 is 2.90 bits per heavy atom. The summed E-state index contributed by atoms with van der Waals surface area (Å²) in [5.74, 6) is 1.30. The van der Waals surface area contributed by atoms with Crippen molar-refractivity contribution in [2.75, 3.05) is 5.73 Å². The number of nitrogens with zero attached hydrogens (tertiary/aromatic N) is 4. The fourth-order valence-electron chi connectivity index (χ4n) is 1.93. The van der Waals surface area contributed by atoms with E-state index in [1.165, 1.54) is 0 Å². The molecule has 6 nitrogen and oxygen atoms in total. The zero-order valence-electron chi connectivity index (χ0n) is 10.9. The summed E-state index contributed by atoms with van der Waals surface area (Å²) < 4.78 is 5.26. The zero-order chi connectivity index (χ0) is 13.9. The second kappa shape index (κ2) is 5.08. The maximum Gasteiger partial charge on any atom is 0.276 e. The molecule has 0 saturated heterocycles. The standard InChI is InChI=1S/C14H13N5O/c1-2-9-8-16-7-6-10(9)13-18-14(20-19-13)11-4-3-5-12(15)17-11/h3-8H,2H2,1H3,(H2,15,17). The lowest BCUT2D eigenvalue weighted by Gasteiger charge is -2.00. The van der Waals surface area contributed by atoms with Gasteiger partial charge in [-0.3, -0.25) is 4.98 Å². The highest BCUT2D eigenvalue weighted by Gasteiger charge is 2.14. The maximum atomic E-state index is 5.65. The molecule has 0 saturated carbocycles. The molecule has 6 heteroatoms. The molecule has 0 radical (unpaired) electrons. The van der Waals surface area contributed by atoms with Gasteiger partial charge in [-0.25, -0.2) is 4.98 Å². The summed E-state index contributed by atoms with van der Waals surface area (Å²) in [6, 6.07) is 7.16. The molecule has 3 aromatic heterocycles. The lowest BCUT2D eigenvalue weighted by molar-refractivity contribution is 0.431. The third-order valence-electron chi connectivity index (χ3n) is 2.94. The van der Waals surface area contributed by atoms with Crippen molar-refractivity contribution in [3.05, 3.63) is 42.2 Å². The molecule has 0 aliphatic rings. The molecule has 0 atom stereocenters. The first-order valence-electron chi connectivity index (χ1n) is 6.28. The van der Waals surface area contributed by atoms with Crippen LogP contribution in [0.15, 0.2) is 41.2 Å². The minimum atomic E-state index is 0.353. The van der Waals surface area contributed by atoms with Crippen LogP contribution >= 0.6 is 0 Å². The van der Waals surface area contributed by atoms with Crippen LogP contribution in [0.4, 0.5) is 5.82 Å². The van der Waals surface area contributed by atoms with Gasteiger partial charge in [0.25, 0.3) is 5.89 Å². The summed E-state index contributed by atoms with van der Waals surface area (Å²) >= 11 is 0. The summed E-state index contributed by atoms with van der Waals surface area (Å²) in [7, 11) is 0. The number of aromatic nitrogens is 4. The number of nitrogen functional groups attached to an aromatic ring is 1. The second-order valence-electron chi connectivity index (χ2n) is 4.26. The highest BCUT2D eigenvalue weighted by Crippen LogP contribution is 2.23. The van der Waals surface area contributed by atoms with Gasteiger partial charge in [-0.05, 0) is 30.2 Å². The van der Waals surface area contributed by atoms with E-state index in [0.29, 0.717) is 23.2 Å². The molecule has 2 N–H and O–H groups in total. The van der Waals surface area contributed by atoms with Gasteiger partial charge in [-0.1, -0.05) is 18.1 Å². The average molecular weight is 267 g/mol. The molecule has 0 aliphatic heterocycles. The number of hydrogen-bond donors (Lipinski definition) is 1. The first-order chi connectivity index (χ1) is 9.78. The smallest absolute Gasteiger partial charge is 0.276 e. The van der Waals surface area contributed by atoms with Gasteiger partial charge in [-0.15, -0.1) is 0 Å². The summed E-state index contributed by atoms with van der Waals surface area (Å²) in [4.78, 5) is 12.6. The molecule has 0 aliphatic carbocycles. The minimum Gasteiger partial charge on any atom is -0.384 e. The quantitative estimate of drug-likeness (QED) is 0.783. The van der Waals surface area contributed by atoms with E-state index in [1.807, 2.05) is 12.3 Å². The SMILES string of the molecule is CCc1cnccc1-c1noc(-c2cccc(N)n2)n1. The Morgan fingerprint density at radius 2 is 2.10 bits per heavy atom. The largest absolute Gasteiger partial charge is 0.384 e. The van der Waals surface area contributed by atoms with Crippen molar-refractivity contribution in [1.82, 2.24) is 20.1 Å². The normalized spacial score (nSPS) is 10.7. The Hall–Kier alpha value is -2.76. The predicted molar refractivity (Wildman–Crippen MR) is 74.6 cm³/mol. The Kier molecular flexibility index (Phi) is 3.12. The molecule has 0 bridgehead atoms. The summed E-state index contributed by atoms with van der Waals surface area (Å²) in [6.07, 6.45) is 4.37. The van der Waals surface area contributed by atoms with E-state index in [9.17, 15) is 0 Å². The van der Waals surface area contributed by atoms with E-state index in [1.54, 1.807) is 24.4 Å². The number of anilines is 1. The monoisotopic (exact) mass is 267 g/mol. The fraction of sp³-hybridized carbons (Fsp3) is 0.143. The Labute approximate surface area is 115 Å². The topological polar surface area (TPSA) is 90.7 Å². The number of nitrogens with two attached hydrogens (primary N) is 1. The number of rotatable bonds is 3. The van der Waals surface area contributed by atoms with Crippen LogP contribution in [0.1, 0.15) is 12.5 Å². The first-order valence-corrected chi connectivity index (χ1v) is 6.28. The van der Waals surface area contributed by atoms with Crippen LogP contribution in [-0.4, -0.2) is 20.1 Å². The van der Waals surface area contributed by atoms with Crippen molar-refractivity contribution in [1.29, 1.82) is 0 Å². The average Bonchev–Trinajstić information content (AvgIpc) is 2.97. The molecule has 3 aromatic rings. The van der Waals surface area contributed by atoms with Crippen LogP contribution < -0.4 is 5.73 Å². The summed E-state index contributed by atoms with van der Waals surface area (Å²) in [5.41, 5.74) is 8.20.